The zero-order valence-corrected chi connectivity index (χ0v) is 20.3. The number of amides is 1. The molecule has 1 aliphatic carbocycles. The summed E-state index contributed by atoms with van der Waals surface area (Å²) in [4.78, 5) is 12.8. The van der Waals surface area contributed by atoms with Gasteiger partial charge in [0.25, 0.3) is 15.9 Å². The predicted molar refractivity (Wildman–Crippen MR) is 132 cm³/mol. The van der Waals surface area contributed by atoms with Gasteiger partial charge in [-0.2, -0.15) is 0 Å². The summed E-state index contributed by atoms with van der Waals surface area (Å²) in [5, 5.41) is 3.03. The van der Waals surface area contributed by atoms with E-state index in [1.807, 2.05) is 26.0 Å². The Hall–Kier alpha value is -2.83. The van der Waals surface area contributed by atoms with Crippen LogP contribution < -0.4 is 10.0 Å². The summed E-state index contributed by atoms with van der Waals surface area (Å²) in [7, 11) is -3.97. The maximum atomic E-state index is 12.9. The highest BCUT2D eigenvalue weighted by Gasteiger charge is 2.21. The van der Waals surface area contributed by atoms with E-state index in [0.717, 1.165) is 24.0 Å². The smallest absolute Gasteiger partial charge is 0.263 e. The van der Waals surface area contributed by atoms with Crippen LogP contribution in [-0.4, -0.2) is 14.3 Å². The Balaban J connectivity index is 1.53. The van der Waals surface area contributed by atoms with Crippen molar-refractivity contribution in [1.82, 2.24) is 5.32 Å². The van der Waals surface area contributed by atoms with Gasteiger partial charge in [-0.1, -0.05) is 47.5 Å². The summed E-state index contributed by atoms with van der Waals surface area (Å²) in [6.07, 6.45) is 4.58. The third kappa shape index (κ3) is 5.40. The van der Waals surface area contributed by atoms with Gasteiger partial charge in [-0.3, -0.25) is 9.52 Å². The Morgan fingerprint density at radius 1 is 0.939 bits per heavy atom. The molecule has 1 atom stereocenters. The van der Waals surface area contributed by atoms with Gasteiger partial charge < -0.3 is 5.32 Å². The van der Waals surface area contributed by atoms with Crippen LogP contribution in [0.1, 0.15) is 58.4 Å². The number of benzene rings is 3. The van der Waals surface area contributed by atoms with Gasteiger partial charge in [0.1, 0.15) is 4.90 Å². The first-order chi connectivity index (χ1) is 15.7. The number of aryl methyl sites for hydroxylation is 3. The number of nitrogens with one attached hydrogen (secondary N) is 2. The summed E-state index contributed by atoms with van der Waals surface area (Å²) in [5.74, 6) is -0.358. The second-order valence-corrected chi connectivity index (χ2v) is 10.6. The summed E-state index contributed by atoms with van der Waals surface area (Å²) in [6.45, 7) is 3.84. The van der Waals surface area contributed by atoms with Crippen LogP contribution in [0.5, 0.6) is 0 Å². The van der Waals surface area contributed by atoms with Gasteiger partial charge in [-0.15, -0.1) is 0 Å². The second-order valence-electron chi connectivity index (χ2n) is 8.55. The minimum absolute atomic E-state index is 0.0499. The highest BCUT2D eigenvalue weighted by molar-refractivity contribution is 7.92. The number of rotatable bonds is 6. The molecule has 0 unspecified atom stereocenters. The molecule has 5 nitrogen and oxygen atoms in total. The molecule has 1 amide bonds. The summed E-state index contributed by atoms with van der Waals surface area (Å²) in [5.41, 5.74) is 5.44. The minimum atomic E-state index is -3.97. The number of hydrogen-bond donors (Lipinski definition) is 2. The lowest BCUT2D eigenvalue weighted by atomic mass is 9.89. The van der Waals surface area contributed by atoms with E-state index in [4.69, 9.17) is 11.6 Å². The lowest BCUT2D eigenvalue weighted by Crippen LogP contribution is -2.27. The SMILES string of the molecule is Cc1ccc(NS(=O)(=O)c2cc(C(=O)N[C@@H](C)c3ccc4c(c3)CCCC4)ccc2Cl)cc1. The van der Waals surface area contributed by atoms with E-state index in [1.165, 1.54) is 42.2 Å². The molecule has 3 aromatic carbocycles. The minimum Gasteiger partial charge on any atom is -0.346 e. The van der Waals surface area contributed by atoms with Crippen molar-refractivity contribution in [3.05, 3.63) is 93.5 Å². The Bertz CT molecular complexity index is 1290. The Morgan fingerprint density at radius 3 is 2.36 bits per heavy atom. The molecule has 0 saturated carbocycles. The van der Waals surface area contributed by atoms with E-state index in [2.05, 4.69) is 28.2 Å². The van der Waals surface area contributed by atoms with Crippen LogP contribution in [0.2, 0.25) is 5.02 Å². The average molecular weight is 483 g/mol. The van der Waals surface area contributed by atoms with Crippen molar-refractivity contribution in [2.75, 3.05) is 4.72 Å². The van der Waals surface area contributed by atoms with E-state index < -0.39 is 10.0 Å². The first-order valence-corrected chi connectivity index (χ1v) is 12.9. The molecular weight excluding hydrogens is 456 g/mol. The molecule has 3 aromatic rings. The number of fused-ring (bicyclic) bond motifs is 1. The van der Waals surface area contributed by atoms with Crippen molar-refractivity contribution in [3.63, 3.8) is 0 Å². The highest BCUT2D eigenvalue weighted by atomic mass is 35.5. The monoisotopic (exact) mass is 482 g/mol. The van der Waals surface area contributed by atoms with Crippen LogP contribution in [0.25, 0.3) is 0 Å². The number of hydrogen-bond acceptors (Lipinski definition) is 3. The first kappa shape index (κ1) is 23.3. The molecular formula is C26H27ClN2O3S. The molecule has 7 heteroatoms. The summed E-state index contributed by atoms with van der Waals surface area (Å²) >= 11 is 6.20. The average Bonchev–Trinajstić information content (AvgIpc) is 2.80. The molecule has 172 valence electrons. The fourth-order valence-electron chi connectivity index (χ4n) is 4.07. The quantitative estimate of drug-likeness (QED) is 0.465. The van der Waals surface area contributed by atoms with Crippen LogP contribution in [0, 0.1) is 6.92 Å². The molecule has 0 fully saturated rings. The third-order valence-corrected chi connectivity index (χ3v) is 7.87. The topological polar surface area (TPSA) is 75.3 Å². The van der Waals surface area contributed by atoms with Crippen molar-refractivity contribution >= 4 is 33.2 Å². The normalized spacial score (nSPS) is 14.3. The first-order valence-electron chi connectivity index (χ1n) is 11.0. The molecule has 1 aliphatic rings. The summed E-state index contributed by atoms with van der Waals surface area (Å²) in [6, 6.07) is 17.4. The lowest BCUT2D eigenvalue weighted by molar-refractivity contribution is 0.0939. The van der Waals surface area contributed by atoms with E-state index >= 15 is 0 Å². The molecule has 4 rings (SSSR count). The second kappa shape index (κ2) is 9.57. The lowest BCUT2D eigenvalue weighted by Gasteiger charge is -2.20. The largest absolute Gasteiger partial charge is 0.346 e. The molecule has 2 N–H and O–H groups in total. The Labute approximate surface area is 200 Å². The van der Waals surface area contributed by atoms with Gasteiger partial charge in [0.15, 0.2) is 0 Å². The highest BCUT2D eigenvalue weighted by Crippen LogP contribution is 2.27. The van der Waals surface area contributed by atoms with E-state index in [0.29, 0.717) is 5.69 Å². The van der Waals surface area contributed by atoms with Crippen molar-refractivity contribution in [2.45, 2.75) is 50.5 Å². The van der Waals surface area contributed by atoms with Crippen molar-refractivity contribution in [1.29, 1.82) is 0 Å². The molecule has 0 heterocycles. The van der Waals surface area contributed by atoms with Crippen LogP contribution in [0.4, 0.5) is 5.69 Å². The fraction of sp³-hybridized carbons (Fsp3) is 0.269. The fourth-order valence-corrected chi connectivity index (χ4v) is 5.65. The zero-order valence-electron chi connectivity index (χ0n) is 18.7. The van der Waals surface area contributed by atoms with Crippen LogP contribution >= 0.6 is 11.6 Å². The van der Waals surface area contributed by atoms with Crippen molar-refractivity contribution < 1.29 is 13.2 Å². The Morgan fingerprint density at radius 2 is 1.64 bits per heavy atom. The van der Waals surface area contributed by atoms with Crippen molar-refractivity contribution in [3.8, 4) is 0 Å². The van der Waals surface area contributed by atoms with E-state index in [9.17, 15) is 13.2 Å². The van der Waals surface area contributed by atoms with E-state index in [1.54, 1.807) is 12.1 Å². The number of anilines is 1. The maximum Gasteiger partial charge on any atom is 0.263 e. The van der Waals surface area contributed by atoms with Crippen LogP contribution in [-0.2, 0) is 22.9 Å². The molecule has 0 radical (unpaired) electrons. The molecule has 0 saturated heterocycles. The van der Waals surface area contributed by atoms with Gasteiger partial charge in [-0.05, 0) is 86.6 Å². The van der Waals surface area contributed by atoms with Gasteiger partial charge in [0, 0.05) is 11.3 Å². The third-order valence-electron chi connectivity index (χ3n) is 6.01. The number of carbonyl (C=O) groups is 1. The zero-order chi connectivity index (χ0) is 23.6. The number of sulfonamides is 1. The number of carbonyl (C=O) groups excluding carboxylic acids is 1. The molecule has 0 spiro atoms. The van der Waals surface area contributed by atoms with E-state index in [-0.39, 0.29) is 27.4 Å². The predicted octanol–water partition coefficient (Wildman–Crippen LogP) is 5.82. The molecule has 0 aromatic heterocycles. The van der Waals surface area contributed by atoms with Gasteiger partial charge >= 0.3 is 0 Å². The molecule has 0 aliphatic heterocycles. The standard InChI is InChI=1S/C26H27ClN2O3S/c1-17-7-12-23(13-8-17)29-33(31,32)25-16-22(11-14-24(25)27)26(30)28-18(2)20-10-9-19-5-3-4-6-21(19)15-20/h7-16,18,29H,3-6H2,1-2H3,(H,28,30)/t18-/m0/s1. The van der Waals surface area contributed by atoms with Crippen molar-refractivity contribution in [2.24, 2.45) is 0 Å². The van der Waals surface area contributed by atoms with Crippen LogP contribution in [0.3, 0.4) is 0 Å². The molecule has 33 heavy (non-hydrogen) atoms. The number of halogens is 1. The summed E-state index contributed by atoms with van der Waals surface area (Å²) < 4.78 is 28.4. The maximum absolute atomic E-state index is 12.9. The van der Waals surface area contributed by atoms with Crippen LogP contribution in [0.15, 0.2) is 65.6 Å². The van der Waals surface area contributed by atoms with Gasteiger partial charge in [-0.25, -0.2) is 8.42 Å². The Kier molecular flexibility index (Phi) is 6.77. The van der Waals surface area contributed by atoms with Gasteiger partial charge in [0.05, 0.1) is 11.1 Å². The van der Waals surface area contributed by atoms with Gasteiger partial charge in [0.2, 0.25) is 0 Å². The molecule has 0 bridgehead atoms.